The quantitative estimate of drug-likeness (QED) is 0.568. The Hall–Kier alpha value is -0.830. The van der Waals surface area contributed by atoms with Crippen LogP contribution in [0.25, 0.3) is 0 Å². The lowest BCUT2D eigenvalue weighted by Crippen LogP contribution is -2.08. The first-order valence-electron chi connectivity index (χ1n) is 3.45. The highest BCUT2D eigenvalue weighted by molar-refractivity contribution is 4.80. The molecule has 3 heteroatoms. The molecule has 0 N–H and O–H groups in total. The fraction of sp³-hybridized carbons (Fsp3) is 0.571. The standard InChI is InChI=1S/C7H9N2O/c1-3-8-9(4-1)7-2-5-10-6-7/h3-4,7H,2,5-6H2. The maximum atomic E-state index is 5.21. The summed E-state index contributed by atoms with van der Waals surface area (Å²) in [6.07, 6.45) is 4.62. The molecule has 2 heterocycles. The number of ether oxygens (including phenoxy) is 1. The van der Waals surface area contributed by atoms with Gasteiger partial charge in [-0.3, -0.25) is 4.68 Å². The lowest BCUT2D eigenvalue weighted by molar-refractivity contribution is 0.184. The lowest BCUT2D eigenvalue weighted by atomic mass is 10.3. The summed E-state index contributed by atoms with van der Waals surface area (Å²) in [7, 11) is 0. The van der Waals surface area contributed by atoms with E-state index in [9.17, 15) is 0 Å². The van der Waals surface area contributed by atoms with E-state index in [0.717, 1.165) is 19.6 Å². The summed E-state index contributed by atoms with van der Waals surface area (Å²) in [6, 6.07) is 3.35. The van der Waals surface area contributed by atoms with E-state index in [-0.39, 0.29) is 0 Å². The van der Waals surface area contributed by atoms with Crippen LogP contribution in [0.2, 0.25) is 0 Å². The van der Waals surface area contributed by atoms with Gasteiger partial charge in [-0.25, -0.2) is 0 Å². The van der Waals surface area contributed by atoms with E-state index in [1.54, 1.807) is 6.20 Å². The van der Waals surface area contributed by atoms with E-state index in [1.807, 2.05) is 10.9 Å². The summed E-state index contributed by atoms with van der Waals surface area (Å²) in [5.41, 5.74) is 0. The fourth-order valence-electron chi connectivity index (χ4n) is 1.17. The van der Waals surface area contributed by atoms with Gasteiger partial charge in [0.1, 0.15) is 0 Å². The third kappa shape index (κ3) is 0.926. The van der Waals surface area contributed by atoms with Gasteiger partial charge in [-0.2, -0.15) is 5.10 Å². The Bertz CT molecular complexity index is 189. The summed E-state index contributed by atoms with van der Waals surface area (Å²) in [5.74, 6) is 0. The van der Waals surface area contributed by atoms with E-state index in [0.29, 0.717) is 6.04 Å². The van der Waals surface area contributed by atoms with Gasteiger partial charge in [0.25, 0.3) is 0 Å². The number of hydrogen-bond acceptors (Lipinski definition) is 2. The average molecular weight is 137 g/mol. The van der Waals surface area contributed by atoms with Gasteiger partial charge in [0.15, 0.2) is 0 Å². The van der Waals surface area contributed by atoms with Gasteiger partial charge in [-0.1, -0.05) is 0 Å². The molecule has 0 bridgehead atoms. The average Bonchev–Trinajstić information content (AvgIpc) is 2.59. The molecule has 1 fully saturated rings. The zero-order valence-corrected chi connectivity index (χ0v) is 5.66. The van der Waals surface area contributed by atoms with E-state index in [2.05, 4.69) is 11.2 Å². The van der Waals surface area contributed by atoms with Crippen molar-refractivity contribution in [2.75, 3.05) is 13.2 Å². The molecule has 0 aromatic carbocycles. The number of hydrogen-bond donors (Lipinski definition) is 0. The van der Waals surface area contributed by atoms with Crippen LogP contribution < -0.4 is 0 Å². The Morgan fingerprint density at radius 1 is 1.70 bits per heavy atom. The number of nitrogens with zero attached hydrogens (tertiary/aromatic N) is 2. The monoisotopic (exact) mass is 137 g/mol. The first-order chi connectivity index (χ1) is 4.97. The largest absolute Gasteiger partial charge is 0.379 e. The van der Waals surface area contributed by atoms with E-state index in [4.69, 9.17) is 4.74 Å². The summed E-state index contributed by atoms with van der Waals surface area (Å²) in [6.45, 7) is 1.67. The van der Waals surface area contributed by atoms with Crippen LogP contribution in [0, 0.1) is 6.07 Å². The van der Waals surface area contributed by atoms with Crippen molar-refractivity contribution >= 4 is 0 Å². The highest BCUT2D eigenvalue weighted by Gasteiger charge is 2.16. The summed E-state index contributed by atoms with van der Waals surface area (Å²) < 4.78 is 7.12. The van der Waals surface area contributed by atoms with Crippen LogP contribution in [-0.2, 0) is 4.74 Å². The van der Waals surface area contributed by atoms with Crippen LogP contribution in [0.1, 0.15) is 12.5 Å². The van der Waals surface area contributed by atoms with Crippen molar-refractivity contribution in [2.24, 2.45) is 0 Å². The summed E-state index contributed by atoms with van der Waals surface area (Å²) in [5, 5.41) is 4.08. The summed E-state index contributed by atoms with van der Waals surface area (Å²) >= 11 is 0. The Morgan fingerprint density at radius 2 is 2.70 bits per heavy atom. The molecule has 10 heavy (non-hydrogen) atoms. The molecule has 0 amide bonds. The molecule has 1 radical (unpaired) electrons. The van der Waals surface area contributed by atoms with E-state index in [1.165, 1.54) is 0 Å². The molecular weight excluding hydrogens is 128 g/mol. The van der Waals surface area contributed by atoms with Crippen molar-refractivity contribution in [3.8, 4) is 0 Å². The smallest absolute Gasteiger partial charge is 0.0774 e. The molecule has 0 saturated carbocycles. The third-order valence-electron chi connectivity index (χ3n) is 1.75. The van der Waals surface area contributed by atoms with Gasteiger partial charge in [0.05, 0.1) is 18.8 Å². The molecule has 1 aromatic rings. The van der Waals surface area contributed by atoms with Crippen molar-refractivity contribution in [1.82, 2.24) is 9.78 Å². The van der Waals surface area contributed by atoms with Crippen LogP contribution in [0.3, 0.4) is 0 Å². The SMILES string of the molecule is [c]1cnn(C2CCOC2)c1. The van der Waals surface area contributed by atoms with Crippen molar-refractivity contribution in [2.45, 2.75) is 12.5 Å². The maximum absolute atomic E-state index is 5.21. The minimum atomic E-state index is 0.450. The Labute approximate surface area is 59.6 Å². The lowest BCUT2D eigenvalue weighted by Gasteiger charge is -2.05. The van der Waals surface area contributed by atoms with E-state index >= 15 is 0 Å². The van der Waals surface area contributed by atoms with Gasteiger partial charge in [0, 0.05) is 18.9 Å². The Kier molecular flexibility index (Phi) is 1.43. The highest BCUT2D eigenvalue weighted by atomic mass is 16.5. The Morgan fingerprint density at radius 3 is 3.30 bits per heavy atom. The molecule has 1 unspecified atom stereocenters. The van der Waals surface area contributed by atoms with Crippen LogP contribution in [0.4, 0.5) is 0 Å². The normalized spacial score (nSPS) is 25.4. The minimum absolute atomic E-state index is 0.450. The van der Waals surface area contributed by atoms with Crippen molar-refractivity contribution in [1.29, 1.82) is 0 Å². The fourth-order valence-corrected chi connectivity index (χ4v) is 1.17. The van der Waals surface area contributed by atoms with Crippen molar-refractivity contribution < 1.29 is 4.74 Å². The second-order valence-corrected chi connectivity index (χ2v) is 2.44. The third-order valence-corrected chi connectivity index (χ3v) is 1.75. The van der Waals surface area contributed by atoms with Gasteiger partial charge in [0.2, 0.25) is 0 Å². The minimum Gasteiger partial charge on any atom is -0.379 e. The molecule has 0 spiro atoms. The molecule has 1 saturated heterocycles. The second-order valence-electron chi connectivity index (χ2n) is 2.44. The van der Waals surface area contributed by atoms with Crippen LogP contribution in [0.15, 0.2) is 12.4 Å². The van der Waals surface area contributed by atoms with Crippen molar-refractivity contribution in [3.63, 3.8) is 0 Å². The molecule has 53 valence electrons. The molecule has 1 aliphatic heterocycles. The number of rotatable bonds is 1. The first kappa shape index (κ1) is 5.92. The van der Waals surface area contributed by atoms with E-state index < -0.39 is 0 Å². The van der Waals surface area contributed by atoms with Gasteiger partial charge >= 0.3 is 0 Å². The predicted molar refractivity (Wildman–Crippen MR) is 35.5 cm³/mol. The molecular formula is C7H9N2O. The summed E-state index contributed by atoms with van der Waals surface area (Å²) in [4.78, 5) is 0. The van der Waals surface area contributed by atoms with Gasteiger partial charge in [-0.15, -0.1) is 0 Å². The highest BCUT2D eigenvalue weighted by Crippen LogP contribution is 2.16. The molecule has 1 aliphatic rings. The molecule has 3 nitrogen and oxygen atoms in total. The van der Waals surface area contributed by atoms with Gasteiger partial charge in [-0.05, 0) is 6.42 Å². The molecule has 1 aromatic heterocycles. The maximum Gasteiger partial charge on any atom is 0.0774 e. The Balaban J connectivity index is 2.12. The second kappa shape index (κ2) is 2.42. The zero-order valence-electron chi connectivity index (χ0n) is 5.66. The van der Waals surface area contributed by atoms with Crippen molar-refractivity contribution in [3.05, 3.63) is 18.5 Å². The molecule has 1 atom stereocenters. The topological polar surface area (TPSA) is 27.1 Å². The predicted octanol–water partition coefficient (Wildman–Crippen LogP) is 0.645. The van der Waals surface area contributed by atoms with Crippen LogP contribution >= 0.6 is 0 Å². The number of aromatic nitrogens is 2. The van der Waals surface area contributed by atoms with Gasteiger partial charge < -0.3 is 4.74 Å². The zero-order chi connectivity index (χ0) is 6.81. The first-order valence-corrected chi connectivity index (χ1v) is 3.45. The molecule has 0 aliphatic carbocycles. The molecule has 2 rings (SSSR count). The van der Waals surface area contributed by atoms with Crippen LogP contribution in [0.5, 0.6) is 0 Å². The van der Waals surface area contributed by atoms with Crippen LogP contribution in [-0.4, -0.2) is 23.0 Å².